The van der Waals surface area contributed by atoms with Gasteiger partial charge in [-0.1, -0.05) is 0 Å². The molecular weight excluding hydrogens is 148 g/mol. The fourth-order valence-electron chi connectivity index (χ4n) is 0. The summed E-state index contributed by atoms with van der Waals surface area (Å²) in [4.78, 5) is 18.0. The molecule has 0 saturated heterocycles. The molecule has 0 aliphatic heterocycles. The molecule has 0 saturated carbocycles. The second-order valence-corrected chi connectivity index (χ2v) is 0.593. The number of hydrogen-bond acceptors (Lipinski definition) is 3. The van der Waals surface area contributed by atoms with Crippen molar-refractivity contribution in [2.75, 3.05) is 0 Å². The van der Waals surface area contributed by atoms with Crippen molar-refractivity contribution in [1.29, 1.82) is 0 Å². The van der Waals surface area contributed by atoms with Crippen LogP contribution in [0.5, 0.6) is 0 Å². The Labute approximate surface area is 67.4 Å². The van der Waals surface area contributed by atoms with Crippen LogP contribution in [0.1, 0.15) is 0 Å². The van der Waals surface area contributed by atoms with Crippen LogP contribution in [0.4, 0.5) is 0 Å². The van der Waals surface area contributed by atoms with E-state index in [4.69, 9.17) is 19.8 Å². The van der Waals surface area contributed by atoms with Gasteiger partial charge < -0.3 is 27.4 Å². The van der Waals surface area contributed by atoms with E-state index in [9.17, 15) is 0 Å². The average molecular weight is 149 g/mol. The minimum Gasteiger partial charge on any atom is -1.00 e. The zero-order valence-electron chi connectivity index (χ0n) is 3.76. The third-order valence-electron chi connectivity index (χ3n) is 0.175. The number of rotatable bonds is 0. The SMILES string of the molecule is O=C([O-])C(=O)O.[Cl-].[Mg+2]. The van der Waals surface area contributed by atoms with Gasteiger partial charge in [-0.25, -0.2) is 4.79 Å². The van der Waals surface area contributed by atoms with Crippen LogP contribution < -0.4 is 17.5 Å². The minimum absolute atomic E-state index is 0. The van der Waals surface area contributed by atoms with Gasteiger partial charge in [-0.05, 0) is 0 Å². The number of aliphatic carboxylic acids is 2. The molecule has 0 amide bonds. The van der Waals surface area contributed by atoms with Gasteiger partial charge in [-0.3, -0.25) is 0 Å². The van der Waals surface area contributed by atoms with E-state index >= 15 is 0 Å². The summed E-state index contributed by atoms with van der Waals surface area (Å²) in [6.07, 6.45) is 0. The zero-order valence-corrected chi connectivity index (χ0v) is 5.93. The van der Waals surface area contributed by atoms with Crippen molar-refractivity contribution in [1.82, 2.24) is 0 Å². The van der Waals surface area contributed by atoms with Crippen molar-refractivity contribution in [2.45, 2.75) is 0 Å². The van der Waals surface area contributed by atoms with Gasteiger partial charge in [0, 0.05) is 0 Å². The van der Waals surface area contributed by atoms with Crippen LogP contribution >= 0.6 is 0 Å². The van der Waals surface area contributed by atoms with Gasteiger partial charge in [0.2, 0.25) is 0 Å². The Bertz CT molecular complexity index is 80.0. The van der Waals surface area contributed by atoms with Gasteiger partial charge in [0.1, 0.15) is 0 Å². The molecule has 8 heavy (non-hydrogen) atoms. The van der Waals surface area contributed by atoms with Gasteiger partial charge in [0.25, 0.3) is 0 Å². The molecule has 0 rings (SSSR count). The van der Waals surface area contributed by atoms with Gasteiger partial charge in [0.15, 0.2) is 5.97 Å². The zero-order chi connectivity index (χ0) is 5.15. The van der Waals surface area contributed by atoms with E-state index in [0.717, 1.165) is 0 Å². The normalized spacial score (nSPS) is 5.50. The Morgan fingerprint density at radius 2 is 1.50 bits per heavy atom. The van der Waals surface area contributed by atoms with E-state index in [1.807, 2.05) is 0 Å². The van der Waals surface area contributed by atoms with Gasteiger partial charge in [0.05, 0.1) is 0 Å². The molecule has 0 unspecified atom stereocenters. The monoisotopic (exact) mass is 148 g/mol. The largest absolute Gasteiger partial charge is 2.00 e. The first-order valence-electron chi connectivity index (χ1n) is 1.09. The summed E-state index contributed by atoms with van der Waals surface area (Å²) >= 11 is 0. The van der Waals surface area contributed by atoms with Crippen LogP contribution in [0.25, 0.3) is 0 Å². The molecule has 4 nitrogen and oxygen atoms in total. The maximum atomic E-state index is 9.04. The van der Waals surface area contributed by atoms with Crippen LogP contribution in [0, 0.1) is 0 Å². The Balaban J connectivity index is -0.000000125. The molecule has 0 atom stereocenters. The summed E-state index contributed by atoms with van der Waals surface area (Å²) < 4.78 is 0. The second kappa shape index (κ2) is 7.00. The topological polar surface area (TPSA) is 77.4 Å². The Morgan fingerprint density at radius 1 is 1.38 bits per heavy atom. The quantitative estimate of drug-likeness (QED) is 0.275. The van der Waals surface area contributed by atoms with E-state index in [1.165, 1.54) is 0 Å². The molecule has 0 aromatic rings. The average Bonchev–Trinajstić information content (AvgIpc) is 1.36. The molecule has 6 heteroatoms. The molecule has 1 N–H and O–H groups in total. The first-order valence-corrected chi connectivity index (χ1v) is 1.09. The van der Waals surface area contributed by atoms with Crippen LogP contribution in [0.3, 0.4) is 0 Å². The van der Waals surface area contributed by atoms with E-state index < -0.39 is 11.9 Å². The predicted molar refractivity (Wildman–Crippen MR) is 18.4 cm³/mol. The summed E-state index contributed by atoms with van der Waals surface area (Å²) in [5.41, 5.74) is 0. The van der Waals surface area contributed by atoms with E-state index in [1.54, 1.807) is 0 Å². The molecular formula is C2HClMgO4. The van der Waals surface area contributed by atoms with E-state index in [2.05, 4.69) is 0 Å². The Kier molecular flexibility index (Phi) is 13.7. The summed E-state index contributed by atoms with van der Waals surface area (Å²) in [6.45, 7) is 0. The standard InChI is InChI=1S/C2H2O4.ClH.Mg/c3-1(4)2(5)6;;/h(H,3,4)(H,5,6);1H;/q;;+2/p-2. The summed E-state index contributed by atoms with van der Waals surface area (Å²) in [7, 11) is 0. The Morgan fingerprint density at radius 3 is 1.50 bits per heavy atom. The van der Waals surface area contributed by atoms with Crippen molar-refractivity contribution < 1.29 is 32.2 Å². The van der Waals surface area contributed by atoms with Crippen molar-refractivity contribution in [2.24, 2.45) is 0 Å². The first kappa shape index (κ1) is 15.7. The molecule has 0 radical (unpaired) electrons. The number of hydrogen-bond donors (Lipinski definition) is 1. The van der Waals surface area contributed by atoms with Crippen LogP contribution in [0.2, 0.25) is 0 Å². The molecule has 0 fully saturated rings. The van der Waals surface area contributed by atoms with Gasteiger partial charge in [-0.15, -0.1) is 0 Å². The molecule has 0 bridgehead atoms. The molecule has 0 aliphatic carbocycles. The summed E-state index contributed by atoms with van der Waals surface area (Å²) in [5, 5.41) is 16.3. The molecule has 0 spiro atoms. The minimum atomic E-state index is -2.07. The van der Waals surface area contributed by atoms with Crippen LogP contribution in [-0.4, -0.2) is 40.1 Å². The molecule has 0 aliphatic rings. The van der Waals surface area contributed by atoms with E-state index in [-0.39, 0.29) is 35.5 Å². The molecule has 0 aromatic carbocycles. The fourth-order valence-corrected chi connectivity index (χ4v) is 0. The van der Waals surface area contributed by atoms with Crippen molar-refractivity contribution in [3.05, 3.63) is 0 Å². The smallest absolute Gasteiger partial charge is 1.00 e. The number of carbonyl (C=O) groups excluding carboxylic acids is 1. The fraction of sp³-hybridized carbons (Fsp3) is 0. The summed E-state index contributed by atoms with van der Waals surface area (Å²) in [5.74, 6) is -4.01. The van der Waals surface area contributed by atoms with Crippen LogP contribution in [-0.2, 0) is 9.59 Å². The maximum absolute atomic E-state index is 9.04. The third kappa shape index (κ3) is 9.37. The van der Waals surface area contributed by atoms with Gasteiger partial charge in [-0.2, -0.15) is 0 Å². The number of carbonyl (C=O) groups is 2. The number of halogens is 1. The second-order valence-electron chi connectivity index (χ2n) is 0.593. The van der Waals surface area contributed by atoms with Crippen molar-refractivity contribution in [3.8, 4) is 0 Å². The Hall–Kier alpha value is -0.00377. The molecule has 0 aromatic heterocycles. The maximum Gasteiger partial charge on any atom is 2.00 e. The molecule has 0 heterocycles. The van der Waals surface area contributed by atoms with Crippen LogP contribution in [0.15, 0.2) is 0 Å². The number of carboxylic acid groups (broad SMARTS) is 2. The predicted octanol–water partition coefficient (Wildman–Crippen LogP) is -5.56. The van der Waals surface area contributed by atoms with E-state index in [0.29, 0.717) is 0 Å². The first-order chi connectivity index (χ1) is 2.64. The third-order valence-corrected chi connectivity index (χ3v) is 0.175. The van der Waals surface area contributed by atoms with Crippen molar-refractivity contribution >= 4 is 35.0 Å². The number of carboxylic acids is 2. The summed E-state index contributed by atoms with van der Waals surface area (Å²) in [6, 6.07) is 0. The van der Waals surface area contributed by atoms with Crippen molar-refractivity contribution in [3.63, 3.8) is 0 Å². The molecule has 42 valence electrons. The van der Waals surface area contributed by atoms with Gasteiger partial charge >= 0.3 is 29.0 Å².